The topological polar surface area (TPSA) is 29.5 Å². The minimum Gasteiger partial charge on any atom is -0.379 e. The van der Waals surface area contributed by atoms with Gasteiger partial charge in [-0.05, 0) is 46.0 Å². The van der Waals surface area contributed by atoms with E-state index in [9.17, 15) is 4.79 Å². The lowest BCUT2D eigenvalue weighted by Crippen LogP contribution is -2.35. The van der Waals surface area contributed by atoms with Crippen LogP contribution in [0.2, 0.25) is 0 Å². The number of hydrogen-bond donors (Lipinski definition) is 0. The standard InChI is InChI=1S/C17H33NO2/c1-16(2)20-15-11-6-4-3-5-8-12-17(19)18-13-9-7-10-14-18/h16H,3-15H2,1-2H3. The first-order valence-electron chi connectivity index (χ1n) is 8.59. The van der Waals surface area contributed by atoms with E-state index in [1.54, 1.807) is 0 Å². The minimum atomic E-state index is 0.357. The molecule has 3 heteroatoms. The molecule has 0 radical (unpaired) electrons. The summed E-state index contributed by atoms with van der Waals surface area (Å²) in [5.74, 6) is 0.384. The van der Waals surface area contributed by atoms with Crippen LogP contribution >= 0.6 is 0 Å². The molecule has 0 bridgehead atoms. The Morgan fingerprint density at radius 1 is 0.950 bits per heavy atom. The van der Waals surface area contributed by atoms with E-state index in [1.165, 1.54) is 51.4 Å². The predicted molar refractivity (Wildman–Crippen MR) is 83.8 cm³/mol. The van der Waals surface area contributed by atoms with Crippen molar-refractivity contribution < 1.29 is 9.53 Å². The Kier molecular flexibility index (Phi) is 9.73. The summed E-state index contributed by atoms with van der Waals surface area (Å²) in [5, 5.41) is 0. The molecule has 0 N–H and O–H groups in total. The summed E-state index contributed by atoms with van der Waals surface area (Å²) in [5.41, 5.74) is 0. The van der Waals surface area contributed by atoms with E-state index >= 15 is 0 Å². The highest BCUT2D eigenvalue weighted by atomic mass is 16.5. The molecule has 0 spiro atoms. The summed E-state index contributed by atoms with van der Waals surface area (Å²) < 4.78 is 5.52. The van der Waals surface area contributed by atoms with Gasteiger partial charge >= 0.3 is 0 Å². The largest absolute Gasteiger partial charge is 0.379 e. The van der Waals surface area contributed by atoms with Crippen LogP contribution in [0.3, 0.4) is 0 Å². The van der Waals surface area contributed by atoms with Crippen molar-refractivity contribution in [1.82, 2.24) is 4.90 Å². The highest BCUT2D eigenvalue weighted by Crippen LogP contribution is 2.13. The lowest BCUT2D eigenvalue weighted by molar-refractivity contribution is -0.132. The van der Waals surface area contributed by atoms with Crippen molar-refractivity contribution in [2.45, 2.75) is 84.2 Å². The Morgan fingerprint density at radius 2 is 1.55 bits per heavy atom. The zero-order chi connectivity index (χ0) is 14.6. The maximum absolute atomic E-state index is 11.9. The van der Waals surface area contributed by atoms with Crippen LogP contribution in [0.1, 0.15) is 78.1 Å². The third kappa shape index (κ3) is 8.57. The number of hydrogen-bond acceptors (Lipinski definition) is 2. The van der Waals surface area contributed by atoms with Crippen molar-refractivity contribution >= 4 is 5.91 Å². The quantitative estimate of drug-likeness (QED) is 0.564. The van der Waals surface area contributed by atoms with Crippen molar-refractivity contribution in [2.24, 2.45) is 0 Å². The van der Waals surface area contributed by atoms with E-state index in [-0.39, 0.29) is 0 Å². The summed E-state index contributed by atoms with van der Waals surface area (Å²) >= 11 is 0. The van der Waals surface area contributed by atoms with Crippen LogP contribution in [0.25, 0.3) is 0 Å². The first kappa shape index (κ1) is 17.5. The van der Waals surface area contributed by atoms with E-state index < -0.39 is 0 Å². The molecule has 1 amide bonds. The normalized spacial score (nSPS) is 15.8. The fraction of sp³-hybridized carbons (Fsp3) is 0.941. The molecule has 0 aromatic heterocycles. The molecule has 1 aliphatic heterocycles. The zero-order valence-corrected chi connectivity index (χ0v) is 13.5. The second kappa shape index (κ2) is 11.1. The first-order valence-corrected chi connectivity index (χ1v) is 8.59. The highest BCUT2D eigenvalue weighted by Gasteiger charge is 2.15. The summed E-state index contributed by atoms with van der Waals surface area (Å²) in [7, 11) is 0. The van der Waals surface area contributed by atoms with E-state index in [4.69, 9.17) is 4.74 Å². The number of carbonyl (C=O) groups is 1. The van der Waals surface area contributed by atoms with Gasteiger partial charge in [-0.3, -0.25) is 4.79 Å². The smallest absolute Gasteiger partial charge is 0.222 e. The molecule has 1 saturated heterocycles. The number of nitrogens with zero attached hydrogens (tertiary/aromatic N) is 1. The first-order chi connectivity index (χ1) is 9.70. The highest BCUT2D eigenvalue weighted by molar-refractivity contribution is 5.76. The average molecular weight is 283 g/mol. The molecule has 0 unspecified atom stereocenters. The molecule has 3 nitrogen and oxygen atoms in total. The molecule has 118 valence electrons. The number of carbonyl (C=O) groups excluding carboxylic acids is 1. The molecule has 0 saturated carbocycles. The van der Waals surface area contributed by atoms with Gasteiger partial charge in [0, 0.05) is 26.1 Å². The second-order valence-corrected chi connectivity index (χ2v) is 6.23. The Hall–Kier alpha value is -0.570. The Morgan fingerprint density at radius 3 is 2.20 bits per heavy atom. The van der Waals surface area contributed by atoms with E-state index in [0.29, 0.717) is 12.0 Å². The van der Waals surface area contributed by atoms with Crippen LogP contribution in [0.4, 0.5) is 0 Å². The molecule has 20 heavy (non-hydrogen) atoms. The number of rotatable bonds is 10. The number of unbranched alkanes of at least 4 members (excludes halogenated alkanes) is 5. The number of piperidine rings is 1. The Labute approximate surface area is 125 Å². The number of amides is 1. The lowest BCUT2D eigenvalue weighted by atomic mass is 10.1. The molecule has 1 fully saturated rings. The molecule has 1 aliphatic rings. The molecule has 0 atom stereocenters. The number of ether oxygens (including phenoxy) is 1. The maximum Gasteiger partial charge on any atom is 0.222 e. The van der Waals surface area contributed by atoms with Crippen LogP contribution in [-0.2, 0) is 9.53 Å². The van der Waals surface area contributed by atoms with Gasteiger partial charge in [-0.2, -0.15) is 0 Å². The van der Waals surface area contributed by atoms with Gasteiger partial charge < -0.3 is 9.64 Å². The molecule has 0 aromatic carbocycles. The zero-order valence-electron chi connectivity index (χ0n) is 13.5. The molecule has 1 heterocycles. The maximum atomic E-state index is 11.9. The lowest BCUT2D eigenvalue weighted by Gasteiger charge is -2.26. The molecular formula is C17H33NO2. The average Bonchev–Trinajstić information content (AvgIpc) is 2.46. The monoisotopic (exact) mass is 283 g/mol. The third-order valence-electron chi connectivity index (χ3n) is 3.94. The van der Waals surface area contributed by atoms with Gasteiger partial charge in [0.05, 0.1) is 6.10 Å². The molecule has 0 aliphatic carbocycles. The van der Waals surface area contributed by atoms with Gasteiger partial charge in [-0.15, -0.1) is 0 Å². The summed E-state index contributed by atoms with van der Waals surface area (Å²) in [6.07, 6.45) is 12.0. The van der Waals surface area contributed by atoms with E-state index in [2.05, 4.69) is 18.7 Å². The molecule has 0 aromatic rings. The van der Waals surface area contributed by atoms with Gasteiger partial charge in [-0.25, -0.2) is 0 Å². The van der Waals surface area contributed by atoms with Crippen LogP contribution < -0.4 is 0 Å². The minimum absolute atomic E-state index is 0.357. The molecular weight excluding hydrogens is 250 g/mol. The SMILES string of the molecule is CC(C)OCCCCCCCCC(=O)N1CCCCC1. The fourth-order valence-corrected chi connectivity index (χ4v) is 2.71. The predicted octanol–water partition coefficient (Wildman–Crippen LogP) is 4.15. The van der Waals surface area contributed by atoms with Crippen molar-refractivity contribution in [3.05, 3.63) is 0 Å². The van der Waals surface area contributed by atoms with Crippen LogP contribution in [0.5, 0.6) is 0 Å². The van der Waals surface area contributed by atoms with Crippen molar-refractivity contribution in [3.8, 4) is 0 Å². The van der Waals surface area contributed by atoms with E-state index in [0.717, 1.165) is 32.5 Å². The van der Waals surface area contributed by atoms with Gasteiger partial charge in [0.1, 0.15) is 0 Å². The third-order valence-corrected chi connectivity index (χ3v) is 3.94. The summed E-state index contributed by atoms with van der Waals surface area (Å²) in [4.78, 5) is 14.0. The van der Waals surface area contributed by atoms with Crippen LogP contribution in [0, 0.1) is 0 Å². The van der Waals surface area contributed by atoms with Crippen LogP contribution in [0.15, 0.2) is 0 Å². The van der Waals surface area contributed by atoms with Gasteiger partial charge in [0.2, 0.25) is 5.91 Å². The van der Waals surface area contributed by atoms with Crippen molar-refractivity contribution in [2.75, 3.05) is 19.7 Å². The van der Waals surface area contributed by atoms with Crippen LogP contribution in [-0.4, -0.2) is 36.6 Å². The number of likely N-dealkylation sites (tertiary alicyclic amines) is 1. The van der Waals surface area contributed by atoms with Gasteiger partial charge in [0.25, 0.3) is 0 Å². The van der Waals surface area contributed by atoms with Crippen molar-refractivity contribution in [3.63, 3.8) is 0 Å². The Balaban J connectivity index is 1.85. The summed E-state index contributed by atoms with van der Waals surface area (Å²) in [6, 6.07) is 0. The van der Waals surface area contributed by atoms with Crippen molar-refractivity contribution in [1.29, 1.82) is 0 Å². The summed E-state index contributed by atoms with van der Waals surface area (Å²) in [6.45, 7) is 7.05. The fourth-order valence-electron chi connectivity index (χ4n) is 2.71. The Bertz CT molecular complexity index is 247. The van der Waals surface area contributed by atoms with E-state index in [1.807, 2.05) is 0 Å². The van der Waals surface area contributed by atoms with Gasteiger partial charge in [0.15, 0.2) is 0 Å². The second-order valence-electron chi connectivity index (χ2n) is 6.23. The molecule has 1 rings (SSSR count). The van der Waals surface area contributed by atoms with Gasteiger partial charge in [-0.1, -0.05) is 25.7 Å².